The monoisotopic (exact) mass is 262 g/mol. The van der Waals surface area contributed by atoms with Crippen molar-refractivity contribution < 1.29 is 4.79 Å². The molecule has 0 fully saturated rings. The molecule has 0 saturated carbocycles. The highest BCUT2D eigenvalue weighted by atomic mass is 16.1. The quantitative estimate of drug-likeness (QED) is 0.825. The molecule has 1 aliphatic heterocycles. The van der Waals surface area contributed by atoms with Crippen molar-refractivity contribution in [2.45, 2.75) is 12.5 Å². The number of nitrogens with one attached hydrogen (secondary N) is 1. The lowest BCUT2D eigenvalue weighted by molar-refractivity contribution is -0.123. The Morgan fingerprint density at radius 3 is 2.58 bits per heavy atom. The number of rotatable bonds is 4. The molecule has 1 atom stereocenters. The number of carbonyl (C=O) groups is 1. The average molecular weight is 262 g/mol. The molecule has 0 bridgehead atoms. The second-order valence-electron chi connectivity index (χ2n) is 5.28. The highest BCUT2D eigenvalue weighted by Crippen LogP contribution is 2.32. The van der Waals surface area contributed by atoms with Crippen LogP contribution in [-0.2, 0) is 4.79 Å². The summed E-state index contributed by atoms with van der Waals surface area (Å²) in [6.07, 6.45) is 0. The van der Waals surface area contributed by atoms with Crippen molar-refractivity contribution in [1.29, 1.82) is 0 Å². The van der Waals surface area contributed by atoms with E-state index in [0.29, 0.717) is 6.54 Å². The first-order valence-electron chi connectivity index (χ1n) is 6.52. The molecule has 1 aliphatic rings. The van der Waals surface area contributed by atoms with Crippen molar-refractivity contribution in [3.05, 3.63) is 24.3 Å². The number of primary amides is 1. The molecule has 104 valence electrons. The van der Waals surface area contributed by atoms with Gasteiger partial charge in [0.15, 0.2) is 0 Å². The molecule has 0 radical (unpaired) electrons. The van der Waals surface area contributed by atoms with Gasteiger partial charge in [0.1, 0.15) is 5.54 Å². The molecule has 5 heteroatoms. The van der Waals surface area contributed by atoms with Gasteiger partial charge in [0, 0.05) is 26.7 Å². The Kier molecular flexibility index (Phi) is 3.66. The maximum absolute atomic E-state index is 11.6. The minimum Gasteiger partial charge on any atom is -0.371 e. The van der Waals surface area contributed by atoms with E-state index >= 15 is 0 Å². The lowest BCUT2D eigenvalue weighted by atomic mass is 10.00. The fraction of sp³-hybridized carbons (Fsp3) is 0.500. The van der Waals surface area contributed by atoms with Gasteiger partial charge >= 0.3 is 0 Å². The minimum atomic E-state index is -0.719. The maximum atomic E-state index is 11.6. The van der Waals surface area contributed by atoms with Crippen LogP contribution in [0.15, 0.2) is 24.3 Å². The van der Waals surface area contributed by atoms with Gasteiger partial charge in [0.2, 0.25) is 5.91 Å². The van der Waals surface area contributed by atoms with Gasteiger partial charge in [0.25, 0.3) is 0 Å². The third-order valence-electron chi connectivity index (χ3n) is 3.94. The summed E-state index contributed by atoms with van der Waals surface area (Å²) in [5, 5.41) is 3.04. The summed E-state index contributed by atoms with van der Waals surface area (Å²) < 4.78 is 0. The van der Waals surface area contributed by atoms with Gasteiger partial charge in [-0.25, -0.2) is 0 Å². The topological polar surface area (TPSA) is 61.6 Å². The second-order valence-corrected chi connectivity index (χ2v) is 5.28. The average Bonchev–Trinajstić information content (AvgIpc) is 2.42. The Morgan fingerprint density at radius 2 is 2.00 bits per heavy atom. The third-order valence-corrected chi connectivity index (χ3v) is 3.94. The fourth-order valence-corrected chi connectivity index (χ4v) is 2.39. The predicted octanol–water partition coefficient (Wildman–Crippen LogP) is 0.406. The molecule has 1 heterocycles. The third kappa shape index (κ3) is 2.51. The first kappa shape index (κ1) is 13.7. The van der Waals surface area contributed by atoms with Crippen LogP contribution in [0.25, 0.3) is 0 Å². The molecular formula is C14H22N4O. The molecule has 3 N–H and O–H groups in total. The van der Waals surface area contributed by atoms with E-state index < -0.39 is 5.54 Å². The van der Waals surface area contributed by atoms with Gasteiger partial charge in [-0.2, -0.15) is 0 Å². The van der Waals surface area contributed by atoms with Crippen LogP contribution in [0, 0.1) is 0 Å². The van der Waals surface area contributed by atoms with Gasteiger partial charge in [-0.1, -0.05) is 12.1 Å². The van der Waals surface area contributed by atoms with Crippen LogP contribution in [0.1, 0.15) is 6.92 Å². The molecule has 0 spiro atoms. The summed E-state index contributed by atoms with van der Waals surface area (Å²) in [5.74, 6) is -0.327. The summed E-state index contributed by atoms with van der Waals surface area (Å²) in [5.41, 5.74) is 7.13. The molecule has 1 unspecified atom stereocenters. The zero-order valence-electron chi connectivity index (χ0n) is 11.8. The number of hydrogen-bond acceptors (Lipinski definition) is 4. The van der Waals surface area contributed by atoms with Gasteiger partial charge < -0.3 is 20.9 Å². The molecule has 0 aliphatic carbocycles. The van der Waals surface area contributed by atoms with E-state index in [4.69, 9.17) is 5.73 Å². The summed E-state index contributed by atoms with van der Waals surface area (Å²) in [7, 11) is 3.86. The van der Waals surface area contributed by atoms with Crippen molar-refractivity contribution in [2.75, 3.05) is 43.5 Å². The largest absolute Gasteiger partial charge is 0.371 e. The molecule has 0 aromatic heterocycles. The SMILES string of the molecule is CNC(C)(CN1CCN(C)c2ccccc21)C(N)=O. The van der Waals surface area contributed by atoms with E-state index in [1.54, 1.807) is 7.05 Å². The Balaban J connectivity index is 2.28. The van der Waals surface area contributed by atoms with Crippen LogP contribution in [0.4, 0.5) is 11.4 Å². The number of benzene rings is 1. The number of amides is 1. The van der Waals surface area contributed by atoms with Gasteiger partial charge in [0.05, 0.1) is 11.4 Å². The Morgan fingerprint density at radius 1 is 1.37 bits per heavy atom. The Labute approximate surface area is 114 Å². The van der Waals surface area contributed by atoms with E-state index in [2.05, 4.69) is 34.3 Å². The molecule has 19 heavy (non-hydrogen) atoms. The van der Waals surface area contributed by atoms with Crippen LogP contribution in [-0.4, -0.2) is 45.2 Å². The number of para-hydroxylation sites is 2. The number of hydrogen-bond donors (Lipinski definition) is 2. The molecule has 5 nitrogen and oxygen atoms in total. The van der Waals surface area contributed by atoms with Crippen molar-refractivity contribution in [1.82, 2.24) is 5.32 Å². The zero-order valence-corrected chi connectivity index (χ0v) is 11.8. The number of carbonyl (C=O) groups excluding carboxylic acids is 1. The smallest absolute Gasteiger partial charge is 0.239 e. The van der Waals surface area contributed by atoms with Gasteiger partial charge in [-0.15, -0.1) is 0 Å². The summed E-state index contributed by atoms with van der Waals surface area (Å²) in [6.45, 7) is 4.24. The van der Waals surface area contributed by atoms with E-state index in [9.17, 15) is 4.79 Å². The van der Waals surface area contributed by atoms with Crippen LogP contribution < -0.4 is 20.9 Å². The van der Waals surface area contributed by atoms with Crippen molar-refractivity contribution in [3.63, 3.8) is 0 Å². The normalized spacial score (nSPS) is 17.8. The van der Waals surface area contributed by atoms with E-state index in [-0.39, 0.29) is 5.91 Å². The van der Waals surface area contributed by atoms with Crippen LogP contribution >= 0.6 is 0 Å². The van der Waals surface area contributed by atoms with Crippen LogP contribution in [0.3, 0.4) is 0 Å². The molecule has 2 rings (SSSR count). The number of likely N-dealkylation sites (N-methyl/N-ethyl adjacent to an activating group) is 2. The van der Waals surface area contributed by atoms with Crippen LogP contribution in [0.2, 0.25) is 0 Å². The van der Waals surface area contributed by atoms with E-state index in [1.165, 1.54) is 5.69 Å². The Bertz CT molecular complexity index is 476. The first-order chi connectivity index (χ1) is 8.98. The van der Waals surface area contributed by atoms with Crippen molar-refractivity contribution in [2.24, 2.45) is 5.73 Å². The Hall–Kier alpha value is -1.75. The summed E-state index contributed by atoms with van der Waals surface area (Å²) in [6, 6.07) is 8.24. The second kappa shape index (κ2) is 5.09. The number of nitrogens with zero attached hydrogens (tertiary/aromatic N) is 2. The van der Waals surface area contributed by atoms with E-state index in [0.717, 1.165) is 18.8 Å². The van der Waals surface area contributed by atoms with E-state index in [1.807, 2.05) is 19.1 Å². The minimum absolute atomic E-state index is 0.327. The molecular weight excluding hydrogens is 240 g/mol. The molecule has 1 aromatic carbocycles. The van der Waals surface area contributed by atoms with Crippen molar-refractivity contribution in [3.8, 4) is 0 Å². The van der Waals surface area contributed by atoms with Gasteiger partial charge in [-0.3, -0.25) is 4.79 Å². The highest BCUT2D eigenvalue weighted by molar-refractivity contribution is 5.85. The number of anilines is 2. The molecule has 0 saturated heterocycles. The highest BCUT2D eigenvalue weighted by Gasteiger charge is 2.33. The van der Waals surface area contributed by atoms with Crippen LogP contribution in [0.5, 0.6) is 0 Å². The number of fused-ring (bicyclic) bond motifs is 1. The predicted molar refractivity (Wildman–Crippen MR) is 78.6 cm³/mol. The lowest BCUT2D eigenvalue weighted by Gasteiger charge is -2.41. The first-order valence-corrected chi connectivity index (χ1v) is 6.52. The maximum Gasteiger partial charge on any atom is 0.239 e. The van der Waals surface area contributed by atoms with Gasteiger partial charge in [-0.05, 0) is 26.1 Å². The summed E-state index contributed by atoms with van der Waals surface area (Å²) in [4.78, 5) is 16.1. The standard InChI is InChI=1S/C14H22N4O/c1-14(16-2,13(15)19)10-18-9-8-17(3)11-6-4-5-7-12(11)18/h4-7,16H,8-10H2,1-3H3,(H2,15,19). The fourth-order valence-electron chi connectivity index (χ4n) is 2.39. The zero-order chi connectivity index (χ0) is 14.0. The molecule has 1 amide bonds. The number of nitrogens with two attached hydrogens (primary N) is 1. The molecule has 1 aromatic rings. The van der Waals surface area contributed by atoms with Crippen molar-refractivity contribution >= 4 is 17.3 Å². The lowest BCUT2D eigenvalue weighted by Crippen LogP contribution is -2.59. The summed E-state index contributed by atoms with van der Waals surface area (Å²) >= 11 is 0.